The van der Waals surface area contributed by atoms with Gasteiger partial charge in [0.2, 0.25) is 11.8 Å². The van der Waals surface area contributed by atoms with E-state index in [1.165, 1.54) is 0 Å². The van der Waals surface area contributed by atoms with Crippen molar-refractivity contribution in [2.75, 3.05) is 16.8 Å². The SMILES string of the molecule is Cc1ccc(NC(=O)CN2C(=O)C[C@@H](C)Sc3ccccc32)c(C)c1. The van der Waals surface area contributed by atoms with Crippen molar-refractivity contribution in [1.82, 2.24) is 0 Å². The number of amides is 2. The standard InChI is InChI=1S/C20H22N2O2S/c1-13-8-9-16(14(2)10-13)21-19(23)12-22-17-6-4-5-7-18(17)25-15(3)11-20(22)24/h4-10,15H,11-12H2,1-3H3,(H,21,23)/t15-/m1/s1. The maximum atomic E-state index is 12.6. The summed E-state index contributed by atoms with van der Waals surface area (Å²) in [6.45, 7) is 6.05. The average molecular weight is 354 g/mol. The molecule has 1 aliphatic rings. The smallest absolute Gasteiger partial charge is 0.244 e. The summed E-state index contributed by atoms with van der Waals surface area (Å²) < 4.78 is 0. The van der Waals surface area contributed by atoms with Crippen LogP contribution < -0.4 is 10.2 Å². The molecule has 0 aliphatic carbocycles. The van der Waals surface area contributed by atoms with E-state index in [0.717, 1.165) is 27.4 Å². The summed E-state index contributed by atoms with van der Waals surface area (Å²) in [5.41, 5.74) is 3.77. The number of carbonyl (C=O) groups excluding carboxylic acids is 2. The second-order valence-corrected chi connectivity index (χ2v) is 7.93. The molecule has 1 aliphatic heterocycles. The Morgan fingerprint density at radius 2 is 2.00 bits per heavy atom. The van der Waals surface area contributed by atoms with E-state index in [0.29, 0.717) is 6.42 Å². The van der Waals surface area contributed by atoms with Crippen molar-refractivity contribution < 1.29 is 9.59 Å². The van der Waals surface area contributed by atoms with E-state index in [4.69, 9.17) is 0 Å². The number of nitrogens with one attached hydrogen (secondary N) is 1. The minimum atomic E-state index is -0.186. The minimum Gasteiger partial charge on any atom is -0.324 e. The maximum Gasteiger partial charge on any atom is 0.244 e. The molecule has 1 N–H and O–H groups in total. The molecule has 1 heterocycles. The number of para-hydroxylation sites is 1. The molecule has 3 rings (SSSR count). The molecule has 0 saturated heterocycles. The average Bonchev–Trinajstić information content (AvgIpc) is 2.66. The van der Waals surface area contributed by atoms with Gasteiger partial charge in [-0.3, -0.25) is 9.59 Å². The third kappa shape index (κ3) is 4.04. The molecule has 0 saturated carbocycles. The van der Waals surface area contributed by atoms with Crippen LogP contribution in [0.4, 0.5) is 11.4 Å². The Balaban J connectivity index is 1.81. The topological polar surface area (TPSA) is 49.4 Å². The fourth-order valence-corrected chi connectivity index (χ4v) is 4.10. The number of hydrogen-bond acceptors (Lipinski definition) is 3. The number of hydrogen-bond donors (Lipinski definition) is 1. The Bertz CT molecular complexity index is 819. The van der Waals surface area contributed by atoms with Crippen LogP contribution in [-0.4, -0.2) is 23.6 Å². The fourth-order valence-electron chi connectivity index (χ4n) is 2.99. The molecule has 0 radical (unpaired) electrons. The summed E-state index contributed by atoms with van der Waals surface area (Å²) in [5, 5.41) is 3.12. The van der Waals surface area contributed by atoms with Crippen LogP contribution >= 0.6 is 11.8 Å². The van der Waals surface area contributed by atoms with Crippen molar-refractivity contribution in [1.29, 1.82) is 0 Å². The van der Waals surface area contributed by atoms with Crippen LogP contribution in [0.5, 0.6) is 0 Å². The van der Waals surface area contributed by atoms with Crippen LogP contribution in [-0.2, 0) is 9.59 Å². The number of anilines is 2. The molecule has 2 aromatic rings. The van der Waals surface area contributed by atoms with E-state index in [2.05, 4.69) is 5.32 Å². The third-order valence-corrected chi connectivity index (χ3v) is 5.37. The van der Waals surface area contributed by atoms with Gasteiger partial charge in [0.1, 0.15) is 6.54 Å². The molecule has 2 amide bonds. The molecule has 0 bridgehead atoms. The molecule has 4 nitrogen and oxygen atoms in total. The molecule has 0 spiro atoms. The Labute approximate surface area is 152 Å². The maximum absolute atomic E-state index is 12.6. The van der Waals surface area contributed by atoms with Gasteiger partial charge in [-0.25, -0.2) is 0 Å². The van der Waals surface area contributed by atoms with Crippen molar-refractivity contribution >= 4 is 35.0 Å². The first-order valence-corrected chi connectivity index (χ1v) is 9.25. The van der Waals surface area contributed by atoms with E-state index in [-0.39, 0.29) is 23.6 Å². The van der Waals surface area contributed by atoms with Crippen LogP contribution in [0.25, 0.3) is 0 Å². The summed E-state index contributed by atoms with van der Waals surface area (Å²) >= 11 is 1.68. The van der Waals surface area contributed by atoms with Gasteiger partial charge in [0.25, 0.3) is 0 Å². The lowest BCUT2D eigenvalue weighted by atomic mass is 10.1. The van der Waals surface area contributed by atoms with Crippen molar-refractivity contribution in [2.45, 2.75) is 37.3 Å². The Kier molecular flexibility index (Phi) is 5.13. The largest absolute Gasteiger partial charge is 0.324 e. The number of carbonyl (C=O) groups is 2. The molecule has 0 fully saturated rings. The molecule has 0 aromatic heterocycles. The first kappa shape index (κ1) is 17.5. The lowest BCUT2D eigenvalue weighted by Crippen LogP contribution is -2.38. The second kappa shape index (κ2) is 7.31. The fraction of sp³-hybridized carbons (Fsp3) is 0.300. The predicted octanol–water partition coefficient (Wildman–Crippen LogP) is 4.16. The van der Waals surface area contributed by atoms with Crippen LogP contribution in [0.2, 0.25) is 0 Å². The first-order chi connectivity index (χ1) is 11.9. The van der Waals surface area contributed by atoms with E-state index in [1.807, 2.05) is 63.2 Å². The van der Waals surface area contributed by atoms with E-state index in [9.17, 15) is 9.59 Å². The van der Waals surface area contributed by atoms with Crippen LogP contribution in [0, 0.1) is 13.8 Å². The van der Waals surface area contributed by atoms with Gasteiger partial charge in [0.05, 0.1) is 5.69 Å². The van der Waals surface area contributed by atoms with Crippen molar-refractivity contribution in [2.24, 2.45) is 0 Å². The Morgan fingerprint density at radius 3 is 2.76 bits per heavy atom. The van der Waals surface area contributed by atoms with E-state index in [1.54, 1.807) is 16.7 Å². The number of rotatable bonds is 3. The third-order valence-electron chi connectivity index (χ3n) is 4.21. The van der Waals surface area contributed by atoms with E-state index < -0.39 is 0 Å². The highest BCUT2D eigenvalue weighted by molar-refractivity contribution is 8.00. The van der Waals surface area contributed by atoms with Crippen molar-refractivity contribution in [3.63, 3.8) is 0 Å². The number of benzene rings is 2. The summed E-state index contributed by atoms with van der Waals surface area (Å²) in [4.78, 5) is 27.8. The van der Waals surface area contributed by atoms with Crippen LogP contribution in [0.1, 0.15) is 24.5 Å². The van der Waals surface area contributed by atoms with E-state index >= 15 is 0 Å². The zero-order valence-corrected chi connectivity index (χ0v) is 15.5. The zero-order valence-electron chi connectivity index (χ0n) is 14.7. The lowest BCUT2D eigenvalue weighted by molar-refractivity contribution is -0.121. The second-order valence-electron chi connectivity index (χ2n) is 6.45. The molecule has 2 aromatic carbocycles. The molecule has 5 heteroatoms. The number of fused-ring (bicyclic) bond motifs is 1. The van der Waals surface area contributed by atoms with Crippen molar-refractivity contribution in [3.8, 4) is 0 Å². The highest BCUT2D eigenvalue weighted by Crippen LogP contribution is 2.37. The van der Waals surface area contributed by atoms with Gasteiger partial charge in [0, 0.05) is 22.3 Å². The van der Waals surface area contributed by atoms with Crippen LogP contribution in [0.15, 0.2) is 47.4 Å². The molecular formula is C20H22N2O2S. The number of nitrogens with zero attached hydrogens (tertiary/aromatic N) is 1. The number of thioether (sulfide) groups is 1. The van der Waals surface area contributed by atoms with Gasteiger partial charge >= 0.3 is 0 Å². The summed E-state index contributed by atoms with van der Waals surface area (Å²) in [6, 6.07) is 13.7. The highest BCUT2D eigenvalue weighted by atomic mass is 32.2. The number of aryl methyl sites for hydroxylation is 2. The summed E-state index contributed by atoms with van der Waals surface area (Å²) in [7, 11) is 0. The van der Waals surface area contributed by atoms with Gasteiger partial charge in [-0.05, 0) is 37.6 Å². The molecule has 0 unspecified atom stereocenters. The van der Waals surface area contributed by atoms with Gasteiger partial charge in [-0.15, -0.1) is 11.8 Å². The summed E-state index contributed by atoms with van der Waals surface area (Å²) in [6.07, 6.45) is 0.427. The molecule has 1 atom stereocenters. The van der Waals surface area contributed by atoms with Gasteiger partial charge in [-0.2, -0.15) is 0 Å². The molecule has 130 valence electrons. The molecular weight excluding hydrogens is 332 g/mol. The normalized spacial score (nSPS) is 17.0. The monoisotopic (exact) mass is 354 g/mol. The quantitative estimate of drug-likeness (QED) is 0.900. The van der Waals surface area contributed by atoms with Crippen molar-refractivity contribution in [3.05, 3.63) is 53.6 Å². The van der Waals surface area contributed by atoms with Crippen LogP contribution in [0.3, 0.4) is 0 Å². The van der Waals surface area contributed by atoms with Gasteiger partial charge in [-0.1, -0.05) is 36.8 Å². The predicted molar refractivity (Wildman–Crippen MR) is 103 cm³/mol. The highest BCUT2D eigenvalue weighted by Gasteiger charge is 2.27. The lowest BCUT2D eigenvalue weighted by Gasteiger charge is -2.22. The summed E-state index contributed by atoms with van der Waals surface area (Å²) in [5.74, 6) is -0.199. The minimum absolute atomic E-state index is 0.0132. The zero-order chi connectivity index (χ0) is 18.0. The van der Waals surface area contributed by atoms with Gasteiger partial charge < -0.3 is 10.2 Å². The van der Waals surface area contributed by atoms with Gasteiger partial charge in [0.15, 0.2) is 0 Å². The Morgan fingerprint density at radius 1 is 1.24 bits per heavy atom. The first-order valence-electron chi connectivity index (χ1n) is 8.37. The molecule has 25 heavy (non-hydrogen) atoms. The Hall–Kier alpha value is -2.27.